The van der Waals surface area contributed by atoms with Crippen LogP contribution in [-0.4, -0.2) is 36.5 Å². The number of amides is 1. The third kappa shape index (κ3) is 2.74. The molecule has 0 aromatic heterocycles. The average molecular weight is 327 g/mol. The summed E-state index contributed by atoms with van der Waals surface area (Å²) in [5.74, 6) is 0.144. The Labute approximate surface area is 137 Å². The number of nitrogens with one attached hydrogen (secondary N) is 1. The van der Waals surface area contributed by atoms with E-state index in [1.165, 1.54) is 6.07 Å². The summed E-state index contributed by atoms with van der Waals surface area (Å²) in [7, 11) is 0. The normalized spacial score (nSPS) is 23.9. The van der Waals surface area contributed by atoms with Crippen molar-refractivity contribution in [3.8, 4) is 0 Å². The molecule has 122 valence electrons. The van der Waals surface area contributed by atoms with Crippen LogP contribution < -0.4 is 5.32 Å². The van der Waals surface area contributed by atoms with Gasteiger partial charge in [0, 0.05) is 18.5 Å². The van der Waals surface area contributed by atoms with Crippen molar-refractivity contribution >= 4 is 18.3 Å². The Hall–Kier alpha value is -1.13. The molecule has 1 amide bonds. The Morgan fingerprint density at radius 1 is 1.32 bits per heavy atom. The van der Waals surface area contributed by atoms with Crippen molar-refractivity contribution in [2.24, 2.45) is 5.41 Å². The van der Waals surface area contributed by atoms with Gasteiger partial charge in [0.15, 0.2) is 0 Å². The fourth-order valence-electron chi connectivity index (χ4n) is 3.92. The molecule has 3 nitrogen and oxygen atoms in total. The quantitative estimate of drug-likeness (QED) is 0.906. The van der Waals surface area contributed by atoms with Gasteiger partial charge in [-0.2, -0.15) is 0 Å². The summed E-state index contributed by atoms with van der Waals surface area (Å²) in [4.78, 5) is 15.0. The summed E-state index contributed by atoms with van der Waals surface area (Å²) in [6.45, 7) is 6.55. The minimum Gasteiger partial charge on any atom is -0.339 e. The molecular weight excluding hydrogens is 303 g/mol. The summed E-state index contributed by atoms with van der Waals surface area (Å²) in [5.41, 5.74) is 0.622. The van der Waals surface area contributed by atoms with Crippen molar-refractivity contribution in [3.63, 3.8) is 0 Å². The second-order valence-corrected chi connectivity index (χ2v) is 6.56. The number of carbonyl (C=O) groups is 1. The van der Waals surface area contributed by atoms with Gasteiger partial charge in [-0.05, 0) is 57.5 Å². The van der Waals surface area contributed by atoms with Crippen LogP contribution in [-0.2, 0) is 4.79 Å². The average Bonchev–Trinajstić information content (AvgIpc) is 2.74. The Balaban J connectivity index is 0.00000176. The van der Waals surface area contributed by atoms with Crippen LogP contribution in [0.3, 0.4) is 0 Å². The van der Waals surface area contributed by atoms with Crippen LogP contribution in [0.15, 0.2) is 24.3 Å². The SMILES string of the molecule is CC(C)N1CC(c2cccc(F)c2)C2(CCNCC2)C1=O.Cl. The maximum atomic E-state index is 13.6. The number of nitrogens with zero attached hydrogens (tertiary/aromatic N) is 1. The van der Waals surface area contributed by atoms with Crippen LogP contribution in [0.1, 0.15) is 38.2 Å². The van der Waals surface area contributed by atoms with E-state index in [1.54, 1.807) is 12.1 Å². The van der Waals surface area contributed by atoms with E-state index in [0.29, 0.717) is 6.54 Å². The fourth-order valence-corrected chi connectivity index (χ4v) is 3.92. The summed E-state index contributed by atoms with van der Waals surface area (Å²) >= 11 is 0. The lowest BCUT2D eigenvalue weighted by atomic mass is 9.68. The van der Waals surface area contributed by atoms with Crippen LogP contribution >= 0.6 is 12.4 Å². The lowest BCUT2D eigenvalue weighted by Gasteiger charge is -2.37. The molecule has 1 unspecified atom stereocenters. The van der Waals surface area contributed by atoms with E-state index in [4.69, 9.17) is 0 Å². The molecule has 1 N–H and O–H groups in total. The first-order valence-corrected chi connectivity index (χ1v) is 7.82. The third-order valence-corrected chi connectivity index (χ3v) is 5.10. The second-order valence-electron chi connectivity index (χ2n) is 6.56. The zero-order valence-corrected chi connectivity index (χ0v) is 14.0. The summed E-state index contributed by atoms with van der Waals surface area (Å²) in [6.07, 6.45) is 1.69. The zero-order chi connectivity index (χ0) is 15.0. The molecule has 2 saturated heterocycles. The first-order valence-electron chi connectivity index (χ1n) is 7.82. The van der Waals surface area contributed by atoms with Gasteiger partial charge in [-0.1, -0.05) is 12.1 Å². The molecule has 3 rings (SSSR count). The maximum absolute atomic E-state index is 13.6. The van der Waals surface area contributed by atoms with E-state index >= 15 is 0 Å². The Bertz CT molecular complexity index is 543. The van der Waals surface area contributed by atoms with E-state index in [1.807, 2.05) is 11.0 Å². The van der Waals surface area contributed by atoms with E-state index in [0.717, 1.165) is 31.5 Å². The predicted molar refractivity (Wildman–Crippen MR) is 87.8 cm³/mol. The number of rotatable bonds is 2. The predicted octanol–water partition coefficient (Wildman–Crippen LogP) is 2.95. The Morgan fingerprint density at radius 3 is 2.59 bits per heavy atom. The van der Waals surface area contributed by atoms with E-state index in [2.05, 4.69) is 19.2 Å². The molecule has 0 bridgehead atoms. The molecule has 0 aliphatic carbocycles. The van der Waals surface area contributed by atoms with Gasteiger partial charge >= 0.3 is 0 Å². The van der Waals surface area contributed by atoms with E-state index < -0.39 is 0 Å². The van der Waals surface area contributed by atoms with Crippen molar-refractivity contribution < 1.29 is 9.18 Å². The molecule has 2 heterocycles. The van der Waals surface area contributed by atoms with Crippen LogP contribution in [0.4, 0.5) is 4.39 Å². The van der Waals surface area contributed by atoms with Crippen molar-refractivity contribution in [2.45, 2.75) is 38.6 Å². The molecule has 1 aromatic carbocycles. The Morgan fingerprint density at radius 2 is 2.00 bits per heavy atom. The molecule has 5 heteroatoms. The molecule has 2 fully saturated rings. The molecule has 22 heavy (non-hydrogen) atoms. The van der Waals surface area contributed by atoms with Gasteiger partial charge in [0.2, 0.25) is 5.91 Å². The van der Waals surface area contributed by atoms with Gasteiger partial charge in [-0.15, -0.1) is 12.4 Å². The lowest BCUT2D eigenvalue weighted by Crippen LogP contribution is -2.45. The number of hydrogen-bond acceptors (Lipinski definition) is 2. The van der Waals surface area contributed by atoms with Crippen molar-refractivity contribution in [3.05, 3.63) is 35.6 Å². The monoisotopic (exact) mass is 326 g/mol. The topological polar surface area (TPSA) is 32.3 Å². The van der Waals surface area contributed by atoms with E-state index in [9.17, 15) is 9.18 Å². The molecule has 1 atom stereocenters. The smallest absolute Gasteiger partial charge is 0.229 e. The van der Waals surface area contributed by atoms with Gasteiger partial charge in [0.1, 0.15) is 5.82 Å². The first-order chi connectivity index (χ1) is 10.0. The highest BCUT2D eigenvalue weighted by atomic mass is 35.5. The largest absolute Gasteiger partial charge is 0.339 e. The zero-order valence-electron chi connectivity index (χ0n) is 13.1. The number of likely N-dealkylation sites (tertiary alicyclic amines) is 1. The summed E-state index contributed by atoms with van der Waals surface area (Å²) < 4.78 is 13.6. The van der Waals surface area contributed by atoms with Gasteiger partial charge in [0.05, 0.1) is 5.41 Å². The molecule has 2 aliphatic rings. The van der Waals surface area contributed by atoms with Gasteiger partial charge in [0.25, 0.3) is 0 Å². The number of halogens is 2. The number of piperidine rings is 1. The Kier molecular flexibility index (Phi) is 5.13. The van der Waals surface area contributed by atoms with Crippen LogP contribution in [0, 0.1) is 11.2 Å². The van der Waals surface area contributed by atoms with Gasteiger partial charge < -0.3 is 10.2 Å². The molecule has 1 spiro atoms. The molecular formula is C17H24ClFN2O. The minimum atomic E-state index is -0.344. The minimum absolute atomic E-state index is 0. The lowest BCUT2D eigenvalue weighted by molar-refractivity contribution is -0.139. The molecule has 0 radical (unpaired) electrons. The van der Waals surface area contributed by atoms with Crippen LogP contribution in [0.2, 0.25) is 0 Å². The van der Waals surface area contributed by atoms with Crippen LogP contribution in [0.25, 0.3) is 0 Å². The summed E-state index contributed by atoms with van der Waals surface area (Å²) in [6, 6.07) is 6.99. The van der Waals surface area contributed by atoms with Gasteiger partial charge in [-0.3, -0.25) is 4.79 Å². The second kappa shape index (κ2) is 6.55. The van der Waals surface area contributed by atoms with Crippen molar-refractivity contribution in [2.75, 3.05) is 19.6 Å². The van der Waals surface area contributed by atoms with E-state index in [-0.39, 0.29) is 41.5 Å². The van der Waals surface area contributed by atoms with Crippen molar-refractivity contribution in [1.29, 1.82) is 0 Å². The highest BCUT2D eigenvalue weighted by Gasteiger charge is 2.54. The first kappa shape index (κ1) is 17.2. The van der Waals surface area contributed by atoms with Crippen molar-refractivity contribution in [1.82, 2.24) is 10.2 Å². The molecule has 2 aliphatic heterocycles. The summed E-state index contributed by atoms with van der Waals surface area (Å²) in [5, 5.41) is 3.34. The van der Waals surface area contributed by atoms with Crippen LogP contribution in [0.5, 0.6) is 0 Å². The number of carbonyl (C=O) groups excluding carboxylic acids is 1. The fraction of sp³-hybridized carbons (Fsp3) is 0.588. The third-order valence-electron chi connectivity index (χ3n) is 5.10. The van der Waals surface area contributed by atoms with Gasteiger partial charge in [-0.25, -0.2) is 4.39 Å². The molecule has 1 aromatic rings. The maximum Gasteiger partial charge on any atom is 0.229 e. The standard InChI is InChI=1S/C17H23FN2O.ClH/c1-12(2)20-11-15(13-4-3-5-14(18)10-13)17(16(20)21)6-8-19-9-7-17;/h3-5,10,12,15,19H,6-9,11H2,1-2H3;1H. The number of benzene rings is 1. The number of hydrogen-bond donors (Lipinski definition) is 1. The highest BCUT2D eigenvalue weighted by molar-refractivity contribution is 5.87. The highest BCUT2D eigenvalue weighted by Crippen LogP contribution is 2.50. The molecule has 0 saturated carbocycles.